The summed E-state index contributed by atoms with van der Waals surface area (Å²) in [7, 11) is 0. The predicted molar refractivity (Wildman–Crippen MR) is 20.8 cm³/mol. The van der Waals surface area contributed by atoms with Crippen molar-refractivity contribution in [2.24, 2.45) is 0 Å². The van der Waals surface area contributed by atoms with Gasteiger partial charge in [-0.1, -0.05) is 0 Å². The summed E-state index contributed by atoms with van der Waals surface area (Å²) >= 11 is -1.64. The van der Waals surface area contributed by atoms with Gasteiger partial charge in [0, 0.05) is 0 Å². The molecule has 0 spiro atoms. The Bertz CT molecular complexity index is 219. The first kappa shape index (κ1) is 6.48. The third-order valence-corrected chi connectivity index (χ3v) is 0. The summed E-state index contributed by atoms with van der Waals surface area (Å²) in [5, 5.41) is 0. The molecule has 0 aromatic heterocycles. The van der Waals surface area contributed by atoms with E-state index in [0.29, 0.717) is 0 Å². The Hall–Kier alpha value is 2.48. The molecule has 0 aromatic rings. The molecule has 0 aliphatic heterocycles. The molecule has 4 heavy (non-hydrogen) atoms. The van der Waals surface area contributed by atoms with E-state index >= 15 is 0 Å². The van der Waals surface area contributed by atoms with Crippen molar-refractivity contribution in [3.8, 4) is 0 Å². The van der Waals surface area contributed by atoms with E-state index in [1.807, 2.05) is 0 Å². The summed E-state index contributed by atoms with van der Waals surface area (Å²) in [6.07, 6.45) is 0. The first-order valence-corrected chi connectivity index (χ1v) is 16.9. The van der Waals surface area contributed by atoms with Gasteiger partial charge in [-0.05, 0) is 0 Å². The molecule has 0 unspecified atom stereocenters. The van der Waals surface area contributed by atoms with E-state index < -0.39 is 25.4 Å². The Morgan fingerprint density at radius 3 is 1.00 bits per heavy atom. The van der Waals surface area contributed by atoms with Crippen molar-refractivity contribution in [3.05, 3.63) is 0 Å². The second-order valence-electron chi connectivity index (χ2n) is 0.346. The zero-order valence-corrected chi connectivity index (χ0v) is 8.23. The zero-order chi connectivity index (χ0) is 3.58. The third kappa shape index (κ3) is 8.82. The molecule has 18 valence electrons. The van der Waals surface area contributed by atoms with Crippen LogP contribution in [0, 0.1) is 25.4 Å². The van der Waals surface area contributed by atoms with Crippen LogP contribution in [-0.4, -0.2) is 0 Å². The van der Waals surface area contributed by atoms with Gasteiger partial charge in [-0.3, -0.25) is 0 Å². The maximum absolute atomic E-state index is 3.92. The van der Waals surface area contributed by atoms with Gasteiger partial charge in [-0.2, -0.15) is 0 Å². The summed E-state index contributed by atoms with van der Waals surface area (Å²) in [5.74, 6) is 0. The standard InChI is InChI=1S/La.3P. The van der Waals surface area contributed by atoms with Crippen LogP contribution in [0.25, 0.3) is 0 Å². The van der Waals surface area contributed by atoms with Gasteiger partial charge in [0.05, 0.1) is 0 Å². The molecule has 0 nitrogen and oxygen atoms in total. The van der Waals surface area contributed by atoms with Gasteiger partial charge in [0.1, 0.15) is 0 Å². The molecule has 0 heterocycles. The van der Waals surface area contributed by atoms with Crippen molar-refractivity contribution in [1.82, 2.24) is 0 Å². The van der Waals surface area contributed by atoms with Crippen LogP contribution in [0.5, 0.6) is 0 Å². The molecule has 0 N–H and O–H groups in total. The van der Waals surface area contributed by atoms with Gasteiger partial charge in [0.15, 0.2) is 0 Å². The average Bonchev–Trinajstić information content (AvgIpc) is 0.811. The molecule has 0 aliphatic carbocycles. The topological polar surface area (TPSA) is 0 Å². The van der Waals surface area contributed by atoms with Crippen molar-refractivity contribution < 1.29 is 25.4 Å². The molecule has 0 aromatic carbocycles. The van der Waals surface area contributed by atoms with Crippen molar-refractivity contribution in [2.45, 2.75) is 0 Å². The van der Waals surface area contributed by atoms with Crippen LogP contribution < -0.4 is 0 Å². The predicted octanol–water partition coefficient (Wildman–Crippen LogP) is 2.58. The van der Waals surface area contributed by atoms with E-state index in [-0.39, 0.29) is 0 Å². The van der Waals surface area contributed by atoms with Crippen LogP contribution in [0.2, 0.25) is 0 Å². The molecule has 0 amide bonds. The van der Waals surface area contributed by atoms with E-state index in [2.05, 4.69) is 12.8 Å². The van der Waals surface area contributed by atoms with E-state index in [0.717, 1.165) is 0 Å². The Kier molecular flexibility index (Phi) is 5.95. The van der Waals surface area contributed by atoms with Gasteiger partial charge < -0.3 is 0 Å². The minimum absolute atomic E-state index is 1.64. The zero-order valence-electron chi connectivity index (χ0n) is 1.92. The molecule has 0 saturated heterocycles. The maximum atomic E-state index is 3.92. The van der Waals surface area contributed by atoms with Crippen LogP contribution in [-0.2, 0) is 0 Å². The second kappa shape index (κ2) is 3.67. The molecule has 0 rings (SSSR count). The average molecular weight is 232 g/mol. The summed E-state index contributed by atoms with van der Waals surface area (Å²) in [5.41, 5.74) is 0. The molecule has 0 fully saturated rings. The quantitative estimate of drug-likeness (QED) is 0.563. The summed E-state index contributed by atoms with van der Waals surface area (Å²) in [4.78, 5) is 0. The van der Waals surface area contributed by atoms with Crippen molar-refractivity contribution >= 4 is 12.8 Å². The van der Waals surface area contributed by atoms with E-state index in [1.165, 1.54) is 0 Å². The third-order valence-electron chi connectivity index (χ3n) is 0. The molecule has 0 saturated carbocycles. The fourth-order valence-electron chi connectivity index (χ4n) is 0. The molecule has 0 bridgehead atoms. The Morgan fingerprint density at radius 1 is 1.00 bits per heavy atom. The van der Waals surface area contributed by atoms with Crippen molar-refractivity contribution in [1.29, 1.82) is 0 Å². The monoisotopic (exact) mass is 232 g/mol. The Balaban J connectivity index is 6.97. The summed E-state index contributed by atoms with van der Waals surface area (Å²) < 4.78 is 11.8. The van der Waals surface area contributed by atoms with Gasteiger partial charge in [0.2, 0.25) is 0 Å². The van der Waals surface area contributed by atoms with E-state index in [1.54, 1.807) is 0 Å². The van der Waals surface area contributed by atoms with Gasteiger partial charge >= 0.3 is 38.3 Å². The number of rotatable bonds is 0. The van der Waals surface area contributed by atoms with Gasteiger partial charge in [-0.25, -0.2) is 0 Å². The Labute approximate surface area is 37.7 Å². The molecular weight excluding hydrogens is 232 g/mol. The first-order chi connectivity index (χ1) is 1.73. The van der Waals surface area contributed by atoms with Crippen molar-refractivity contribution in [2.75, 3.05) is 0 Å². The molecule has 0 aliphatic rings. The van der Waals surface area contributed by atoms with Crippen LogP contribution in [0.3, 0.4) is 0 Å². The van der Waals surface area contributed by atoms with Crippen LogP contribution in [0.4, 0.5) is 0 Å². The molecule has 0 radical (unpaired) electrons. The summed E-state index contributed by atoms with van der Waals surface area (Å²) in [6.45, 7) is 0. The molecule has 0 atom stereocenters. The van der Waals surface area contributed by atoms with Crippen LogP contribution in [0.1, 0.15) is 0 Å². The SMILES string of the molecule is [P]#[La](#[P])#[P]. The van der Waals surface area contributed by atoms with Crippen LogP contribution in [0.15, 0.2) is 0 Å². The number of hydrogen-bond donors (Lipinski definition) is 0. The fourth-order valence-corrected chi connectivity index (χ4v) is 0. The Morgan fingerprint density at radius 2 is 1.00 bits per heavy atom. The normalized spacial score (nSPS) is 9.75. The van der Waals surface area contributed by atoms with Gasteiger partial charge in [0.25, 0.3) is 0 Å². The van der Waals surface area contributed by atoms with Gasteiger partial charge in [-0.15, -0.1) is 0 Å². The first-order valence-electron chi connectivity index (χ1n) is 0.775. The minimum atomic E-state index is -1.64. The van der Waals surface area contributed by atoms with Crippen LogP contribution >= 0.6 is 12.8 Å². The van der Waals surface area contributed by atoms with E-state index in [9.17, 15) is 0 Å². The fraction of sp³-hybridized carbons (Fsp3) is 0. The van der Waals surface area contributed by atoms with E-state index in [4.69, 9.17) is 0 Å². The molecule has 4 heteroatoms. The number of hydrogen-bond acceptors (Lipinski definition) is 0. The van der Waals surface area contributed by atoms with Crippen molar-refractivity contribution in [3.63, 3.8) is 0 Å². The summed E-state index contributed by atoms with van der Waals surface area (Å²) in [6, 6.07) is 0. The second-order valence-corrected chi connectivity index (χ2v) is 22.7. The molecular formula is LaP3.